The first-order valence-corrected chi connectivity index (χ1v) is 22.2. The number of carbonyl (C=O) groups is 4. The monoisotopic (exact) mass is 780 g/mol. The Kier molecular flexibility index (Phi) is 11.7. The summed E-state index contributed by atoms with van der Waals surface area (Å²) in [5.41, 5.74) is 1.61. The second kappa shape index (κ2) is 15.1. The first-order valence-electron chi connectivity index (χ1n) is 22.2. The fraction of sp³-hybridized carbons (Fsp3) is 0.872. The van der Waals surface area contributed by atoms with Crippen LogP contribution in [-0.2, 0) is 23.9 Å². The topological polar surface area (TPSA) is 107 Å². The second-order valence-electron chi connectivity index (χ2n) is 22.3. The smallest absolute Gasteiger partial charge is 0.309 e. The van der Waals surface area contributed by atoms with Gasteiger partial charge in [0.2, 0.25) is 5.91 Å². The van der Waals surface area contributed by atoms with Gasteiger partial charge >= 0.3 is 11.9 Å². The second-order valence-corrected chi connectivity index (χ2v) is 22.3. The molecule has 0 aromatic heterocycles. The van der Waals surface area contributed by atoms with Gasteiger partial charge in [0.05, 0.1) is 11.8 Å². The predicted octanol–water partition coefficient (Wildman–Crippen LogP) is 8.11. The molecule has 0 spiro atoms. The van der Waals surface area contributed by atoms with Crippen LogP contribution < -0.4 is 0 Å². The van der Waals surface area contributed by atoms with Crippen molar-refractivity contribution in [2.75, 3.05) is 53.4 Å². The molecule has 1 unspecified atom stereocenters. The van der Waals surface area contributed by atoms with Crippen LogP contribution in [0.2, 0.25) is 0 Å². The Morgan fingerprint density at radius 1 is 0.893 bits per heavy atom. The highest BCUT2D eigenvalue weighted by molar-refractivity contribution is 6.00. The molecule has 0 aromatic rings. The largest absolute Gasteiger partial charge is 0.481 e. The van der Waals surface area contributed by atoms with Crippen LogP contribution in [-0.4, -0.2) is 103 Å². The SMILES string of the molecule is CC(=O)N1CC(CN(CCN(C)C)CC[C@@]23CC[C@]4(C)[C@H](CCC5[C@@]6(C)CC[C@H](OC(=O)CC(C)(C)C(=O)O)C(C)(C)[C@@H]6CC[C@]54C)C2=C(C(C)C)C(=O)C3)C1. The fourth-order valence-corrected chi connectivity index (χ4v) is 14.2. The zero-order chi connectivity index (χ0) is 41.4. The average Bonchev–Trinajstić information content (AvgIpc) is 3.36. The molecule has 316 valence electrons. The Balaban J connectivity index is 1.24. The number of likely N-dealkylation sites (N-methyl/N-ethyl adjacent to an activating group) is 1. The minimum Gasteiger partial charge on any atom is -0.481 e. The molecule has 0 radical (unpaired) electrons. The highest BCUT2D eigenvalue weighted by atomic mass is 16.5. The lowest BCUT2D eigenvalue weighted by Gasteiger charge is -2.72. The van der Waals surface area contributed by atoms with E-state index in [1.165, 1.54) is 6.42 Å². The molecule has 0 bridgehead atoms. The molecule has 1 aliphatic heterocycles. The van der Waals surface area contributed by atoms with Crippen molar-refractivity contribution in [1.29, 1.82) is 0 Å². The summed E-state index contributed by atoms with van der Waals surface area (Å²) in [5, 5.41) is 9.65. The van der Waals surface area contributed by atoms with Crippen molar-refractivity contribution in [2.24, 2.45) is 62.1 Å². The van der Waals surface area contributed by atoms with Gasteiger partial charge in [-0.3, -0.25) is 19.2 Å². The number of aliphatic carboxylic acids is 1. The highest BCUT2D eigenvalue weighted by Gasteiger charge is 2.70. The average molecular weight is 780 g/mol. The van der Waals surface area contributed by atoms with Gasteiger partial charge in [-0.25, -0.2) is 0 Å². The number of esters is 1. The van der Waals surface area contributed by atoms with Crippen molar-refractivity contribution < 1.29 is 29.0 Å². The van der Waals surface area contributed by atoms with Crippen molar-refractivity contribution in [1.82, 2.24) is 14.7 Å². The van der Waals surface area contributed by atoms with E-state index in [4.69, 9.17) is 4.74 Å². The van der Waals surface area contributed by atoms with E-state index in [2.05, 4.69) is 72.4 Å². The third-order valence-electron chi connectivity index (χ3n) is 17.6. The first-order chi connectivity index (χ1) is 25.9. The molecule has 0 aromatic carbocycles. The third kappa shape index (κ3) is 7.23. The van der Waals surface area contributed by atoms with Gasteiger partial charge in [0.15, 0.2) is 5.78 Å². The van der Waals surface area contributed by atoms with Gasteiger partial charge in [-0.2, -0.15) is 0 Å². The van der Waals surface area contributed by atoms with Crippen LogP contribution in [0.25, 0.3) is 0 Å². The van der Waals surface area contributed by atoms with Gasteiger partial charge in [-0.1, -0.05) is 54.0 Å². The molecule has 5 aliphatic carbocycles. The standard InChI is InChI=1S/C47H77N3O6/c1-30(2)39-34(52)25-47(21-22-49(24-23-48(11)12)27-32-28-50(29-32)31(3)51)20-19-45(9)33(40(39)47)13-14-36-44(8)17-16-37(56-38(53)26-42(4,5)41(54)55)43(6,7)35(44)15-18-46(36,45)10/h30,32-33,35-37H,13-29H2,1-12H3,(H,54,55)/t33-,35+,36?,37+,44+,45-,46-,47-/m1/s1. The summed E-state index contributed by atoms with van der Waals surface area (Å²) in [6, 6.07) is 0. The molecule has 9 heteroatoms. The summed E-state index contributed by atoms with van der Waals surface area (Å²) >= 11 is 0. The number of allylic oxidation sites excluding steroid dienone is 2. The summed E-state index contributed by atoms with van der Waals surface area (Å²) in [6.07, 6.45) is 9.96. The Hall–Kier alpha value is -2.26. The molecule has 6 rings (SSSR count). The molecule has 5 fully saturated rings. The number of carbonyl (C=O) groups excluding carboxylic acids is 3. The Bertz CT molecular complexity index is 1590. The Labute approximate surface area is 339 Å². The number of ether oxygens (including phenoxy) is 1. The molecule has 56 heavy (non-hydrogen) atoms. The van der Waals surface area contributed by atoms with E-state index < -0.39 is 17.4 Å². The highest BCUT2D eigenvalue weighted by Crippen LogP contribution is 2.77. The maximum Gasteiger partial charge on any atom is 0.309 e. The zero-order valence-electron chi connectivity index (χ0n) is 37.3. The fourth-order valence-electron chi connectivity index (χ4n) is 14.2. The van der Waals surface area contributed by atoms with E-state index in [-0.39, 0.29) is 51.4 Å². The number of hydrogen-bond acceptors (Lipinski definition) is 7. The van der Waals surface area contributed by atoms with Gasteiger partial charge in [0.25, 0.3) is 0 Å². The van der Waals surface area contributed by atoms with Crippen LogP contribution in [0.5, 0.6) is 0 Å². The maximum absolute atomic E-state index is 14.3. The summed E-state index contributed by atoms with van der Waals surface area (Å²) in [7, 11) is 4.28. The molecule has 1 N–H and O–H groups in total. The van der Waals surface area contributed by atoms with Gasteiger partial charge in [0, 0.05) is 62.8 Å². The first kappa shape index (κ1) is 43.3. The van der Waals surface area contributed by atoms with Crippen LogP contribution >= 0.6 is 0 Å². The number of carboxylic acids is 1. The molecular weight excluding hydrogens is 703 g/mol. The molecule has 1 amide bonds. The number of ketones is 1. The van der Waals surface area contributed by atoms with Crippen molar-refractivity contribution in [2.45, 2.75) is 146 Å². The molecule has 9 nitrogen and oxygen atoms in total. The number of rotatable bonds is 13. The van der Waals surface area contributed by atoms with E-state index in [9.17, 15) is 24.3 Å². The van der Waals surface area contributed by atoms with Crippen molar-refractivity contribution >= 4 is 23.6 Å². The summed E-state index contributed by atoms with van der Waals surface area (Å²) in [5.74, 6) is 1.29. The number of carboxylic acid groups (broad SMARTS) is 1. The lowest BCUT2D eigenvalue weighted by atomic mass is 9.33. The summed E-state index contributed by atoms with van der Waals surface area (Å²) in [6.45, 7) is 27.5. The molecule has 6 aliphatic rings. The summed E-state index contributed by atoms with van der Waals surface area (Å²) < 4.78 is 6.21. The Morgan fingerprint density at radius 3 is 2.18 bits per heavy atom. The third-order valence-corrected chi connectivity index (χ3v) is 17.6. The minimum atomic E-state index is -1.15. The van der Waals surface area contributed by atoms with Crippen molar-refractivity contribution in [3.8, 4) is 0 Å². The Morgan fingerprint density at radius 2 is 1.57 bits per heavy atom. The number of fused-ring (bicyclic) bond motifs is 7. The van der Waals surface area contributed by atoms with Crippen LogP contribution in [0.4, 0.5) is 0 Å². The minimum absolute atomic E-state index is 0.0638. The quantitative estimate of drug-likeness (QED) is 0.187. The molecule has 1 saturated heterocycles. The van der Waals surface area contributed by atoms with E-state index in [0.717, 1.165) is 96.2 Å². The van der Waals surface area contributed by atoms with Crippen LogP contribution in [0.3, 0.4) is 0 Å². The van der Waals surface area contributed by atoms with E-state index in [1.54, 1.807) is 26.3 Å². The van der Waals surface area contributed by atoms with E-state index in [0.29, 0.717) is 35.9 Å². The lowest BCUT2D eigenvalue weighted by molar-refractivity contribution is -0.233. The number of nitrogens with zero attached hydrogens (tertiary/aromatic N) is 3. The lowest BCUT2D eigenvalue weighted by Crippen LogP contribution is -2.65. The van der Waals surface area contributed by atoms with E-state index in [1.807, 2.05) is 4.90 Å². The van der Waals surface area contributed by atoms with E-state index >= 15 is 0 Å². The number of amides is 1. The van der Waals surface area contributed by atoms with Gasteiger partial charge in [-0.15, -0.1) is 0 Å². The van der Waals surface area contributed by atoms with Crippen LogP contribution in [0, 0.1) is 62.1 Å². The van der Waals surface area contributed by atoms with Gasteiger partial charge in [0.1, 0.15) is 6.10 Å². The summed E-state index contributed by atoms with van der Waals surface area (Å²) in [4.78, 5) is 58.0. The molecule has 8 atom stereocenters. The molecular formula is C47H77N3O6. The molecule has 4 saturated carbocycles. The van der Waals surface area contributed by atoms with Crippen molar-refractivity contribution in [3.05, 3.63) is 11.1 Å². The van der Waals surface area contributed by atoms with Gasteiger partial charge < -0.3 is 24.5 Å². The predicted molar refractivity (Wildman–Crippen MR) is 221 cm³/mol. The molecule has 1 heterocycles. The normalized spacial score (nSPS) is 36.9. The number of Topliss-reactive ketones (excluding diaryl/α,β-unsaturated/α-hetero) is 1. The van der Waals surface area contributed by atoms with Gasteiger partial charge in [-0.05, 0) is 138 Å². The van der Waals surface area contributed by atoms with Crippen LogP contribution in [0.1, 0.15) is 140 Å². The maximum atomic E-state index is 14.3. The van der Waals surface area contributed by atoms with Crippen molar-refractivity contribution in [3.63, 3.8) is 0 Å². The van der Waals surface area contributed by atoms with Crippen LogP contribution in [0.15, 0.2) is 11.1 Å². The number of likely N-dealkylation sites (tertiary alicyclic amines) is 1. The number of hydrogen-bond donors (Lipinski definition) is 1. The zero-order valence-corrected chi connectivity index (χ0v) is 37.3.